The molecule has 0 saturated carbocycles. The highest BCUT2D eigenvalue weighted by Gasteiger charge is 2.15. The summed E-state index contributed by atoms with van der Waals surface area (Å²) in [6, 6.07) is 22.5. The maximum atomic E-state index is 12.9. The largest absolute Gasteiger partial charge is 0.456 e. The van der Waals surface area contributed by atoms with Crippen LogP contribution in [0.3, 0.4) is 0 Å². The highest BCUT2D eigenvalue weighted by Crippen LogP contribution is 2.32. The summed E-state index contributed by atoms with van der Waals surface area (Å²) in [6.45, 7) is 2.31. The Bertz CT molecular complexity index is 1590. The fourth-order valence-corrected chi connectivity index (χ4v) is 3.90. The van der Waals surface area contributed by atoms with Gasteiger partial charge in [0.15, 0.2) is 0 Å². The molecule has 2 aromatic heterocycles. The van der Waals surface area contributed by atoms with Gasteiger partial charge in [-0.2, -0.15) is 5.10 Å². The number of hydrogen-bond acceptors (Lipinski definition) is 5. The molecule has 2 amide bonds. The number of nitrogens with two attached hydrogens (primary N) is 1. The predicted molar refractivity (Wildman–Crippen MR) is 140 cm³/mol. The second-order valence-electron chi connectivity index (χ2n) is 8.25. The zero-order chi connectivity index (χ0) is 25.1. The van der Waals surface area contributed by atoms with Crippen LogP contribution < -0.4 is 15.8 Å². The van der Waals surface area contributed by atoms with E-state index in [1.807, 2.05) is 61.5 Å². The molecule has 0 saturated heterocycles. The van der Waals surface area contributed by atoms with Crippen LogP contribution in [0.25, 0.3) is 16.6 Å². The smallest absolute Gasteiger partial charge is 0.251 e. The molecule has 0 fully saturated rings. The Balaban J connectivity index is 0.00000200. The summed E-state index contributed by atoms with van der Waals surface area (Å²) in [7, 11) is 0. The number of carbonyl (C=O) groups excluding carboxylic acids is 2. The molecule has 0 atom stereocenters. The summed E-state index contributed by atoms with van der Waals surface area (Å²) in [5.41, 5.74) is 9.38. The number of hydrogen-bond donors (Lipinski definition) is 2. The number of carbonyl (C=O) groups is 2. The molecular weight excluding hydrogens is 454 g/mol. The summed E-state index contributed by atoms with van der Waals surface area (Å²) in [5, 5.41) is 7.95. The highest BCUT2D eigenvalue weighted by molar-refractivity contribution is 5.96. The van der Waals surface area contributed by atoms with Crippen LogP contribution in [0.1, 0.15) is 34.7 Å². The van der Waals surface area contributed by atoms with Crippen LogP contribution in [0.15, 0.2) is 91.4 Å². The summed E-state index contributed by atoms with van der Waals surface area (Å²) in [6.07, 6.45) is 4.65. The van der Waals surface area contributed by atoms with E-state index in [9.17, 15) is 9.59 Å². The van der Waals surface area contributed by atoms with Crippen molar-refractivity contribution < 1.29 is 17.2 Å². The Morgan fingerprint density at radius 2 is 1.86 bits per heavy atom. The number of benzene rings is 3. The van der Waals surface area contributed by atoms with Gasteiger partial charge in [-0.05, 0) is 48.9 Å². The van der Waals surface area contributed by atoms with Gasteiger partial charge in [0.1, 0.15) is 11.5 Å². The van der Waals surface area contributed by atoms with Gasteiger partial charge in [-0.3, -0.25) is 14.6 Å². The molecule has 0 aliphatic rings. The fourth-order valence-electron chi connectivity index (χ4n) is 3.90. The SMILES string of the molecule is Cc1c(Oc2ccnc3cc(-n4cc(C(N)=O)cn4)ccc23)cccc1C(=O)NCc1ccccc1.[HH].[HH]. The Morgan fingerprint density at radius 3 is 2.64 bits per heavy atom. The first kappa shape index (κ1) is 22.8. The first-order valence-electron chi connectivity index (χ1n) is 11.3. The van der Waals surface area contributed by atoms with E-state index >= 15 is 0 Å². The summed E-state index contributed by atoms with van der Waals surface area (Å²) < 4.78 is 7.82. The standard InChI is InChI=1S/C28H23N5O3.2H2/c1-18-22(28(35)31-15-19-6-3-2-4-7-19)8-5-9-25(18)36-26-12-13-30-24-14-21(10-11-23(24)26)33-17-20(16-32-33)27(29)34;;/h2-14,16-17H,15H2,1H3,(H2,29,34)(H,31,35);2*1H. The number of amides is 2. The predicted octanol–water partition coefficient (Wildman–Crippen LogP) is 5.04. The molecule has 0 unspecified atom stereocenters. The van der Waals surface area contributed by atoms with E-state index in [0.29, 0.717) is 34.7 Å². The minimum absolute atomic E-state index is 0. The Hall–Kier alpha value is -4.98. The number of fused-ring (bicyclic) bond motifs is 1. The number of pyridine rings is 1. The molecule has 0 radical (unpaired) electrons. The van der Waals surface area contributed by atoms with Crippen molar-refractivity contribution in [1.29, 1.82) is 0 Å². The Morgan fingerprint density at radius 1 is 1.03 bits per heavy atom. The van der Waals surface area contributed by atoms with E-state index in [4.69, 9.17) is 10.5 Å². The van der Waals surface area contributed by atoms with Crippen molar-refractivity contribution in [3.05, 3.63) is 114 Å². The lowest BCUT2D eigenvalue weighted by atomic mass is 10.1. The van der Waals surface area contributed by atoms with Crippen LogP contribution in [0.2, 0.25) is 0 Å². The quantitative estimate of drug-likeness (QED) is 0.338. The van der Waals surface area contributed by atoms with Crippen LogP contribution >= 0.6 is 0 Å². The molecule has 8 nitrogen and oxygen atoms in total. The minimum Gasteiger partial charge on any atom is -0.456 e. The summed E-state index contributed by atoms with van der Waals surface area (Å²) >= 11 is 0. The third kappa shape index (κ3) is 4.65. The van der Waals surface area contributed by atoms with Gasteiger partial charge >= 0.3 is 0 Å². The lowest BCUT2D eigenvalue weighted by Gasteiger charge is -2.14. The highest BCUT2D eigenvalue weighted by atomic mass is 16.5. The van der Waals surface area contributed by atoms with Gasteiger partial charge in [0.2, 0.25) is 0 Å². The first-order chi connectivity index (χ1) is 17.5. The number of ether oxygens (including phenoxy) is 1. The van der Waals surface area contributed by atoms with Crippen molar-refractivity contribution in [2.75, 3.05) is 0 Å². The molecule has 36 heavy (non-hydrogen) atoms. The number of nitrogens with zero attached hydrogens (tertiary/aromatic N) is 3. The molecule has 5 aromatic rings. The van der Waals surface area contributed by atoms with Crippen molar-refractivity contribution in [1.82, 2.24) is 20.1 Å². The van der Waals surface area contributed by atoms with Crippen LogP contribution in [0.4, 0.5) is 0 Å². The van der Waals surface area contributed by atoms with E-state index in [-0.39, 0.29) is 8.76 Å². The van der Waals surface area contributed by atoms with E-state index in [1.54, 1.807) is 35.3 Å². The van der Waals surface area contributed by atoms with Crippen molar-refractivity contribution >= 4 is 22.7 Å². The molecule has 3 aromatic carbocycles. The van der Waals surface area contributed by atoms with Crippen molar-refractivity contribution in [3.8, 4) is 17.2 Å². The topological polar surface area (TPSA) is 112 Å². The average Bonchev–Trinajstić information content (AvgIpc) is 3.40. The third-order valence-electron chi connectivity index (χ3n) is 5.86. The van der Waals surface area contributed by atoms with Crippen molar-refractivity contribution in [2.24, 2.45) is 5.73 Å². The lowest BCUT2D eigenvalue weighted by Crippen LogP contribution is -2.23. The molecule has 8 heteroatoms. The van der Waals surface area contributed by atoms with Gasteiger partial charge in [0.05, 0.1) is 23.0 Å². The Kier molecular flexibility index (Phi) is 6.15. The minimum atomic E-state index is -0.540. The van der Waals surface area contributed by atoms with Gasteiger partial charge in [0, 0.05) is 38.3 Å². The molecular formula is C28H27N5O3. The third-order valence-corrected chi connectivity index (χ3v) is 5.86. The van der Waals surface area contributed by atoms with E-state index in [0.717, 1.165) is 22.2 Å². The van der Waals surface area contributed by atoms with E-state index in [2.05, 4.69) is 15.4 Å². The Labute approximate surface area is 210 Å². The molecule has 3 N–H and O–H groups in total. The second-order valence-corrected chi connectivity index (χ2v) is 8.25. The molecule has 182 valence electrons. The molecule has 5 rings (SSSR count). The summed E-state index contributed by atoms with van der Waals surface area (Å²) in [4.78, 5) is 28.7. The monoisotopic (exact) mass is 481 g/mol. The zero-order valence-corrected chi connectivity index (χ0v) is 19.5. The van der Waals surface area contributed by atoms with Gasteiger partial charge in [-0.1, -0.05) is 36.4 Å². The van der Waals surface area contributed by atoms with Crippen molar-refractivity contribution in [2.45, 2.75) is 13.5 Å². The average molecular weight is 482 g/mol. The van der Waals surface area contributed by atoms with E-state index in [1.165, 1.54) is 6.20 Å². The van der Waals surface area contributed by atoms with Crippen LogP contribution in [-0.4, -0.2) is 26.6 Å². The molecule has 0 spiro atoms. The van der Waals surface area contributed by atoms with Crippen LogP contribution in [0, 0.1) is 6.92 Å². The van der Waals surface area contributed by atoms with Gasteiger partial charge in [-0.25, -0.2) is 4.68 Å². The van der Waals surface area contributed by atoms with Crippen LogP contribution in [0.5, 0.6) is 11.5 Å². The molecule has 0 aliphatic carbocycles. The van der Waals surface area contributed by atoms with Gasteiger partial charge < -0.3 is 15.8 Å². The maximum absolute atomic E-state index is 12.9. The number of nitrogens with one attached hydrogen (secondary N) is 1. The van der Waals surface area contributed by atoms with Crippen molar-refractivity contribution in [3.63, 3.8) is 0 Å². The van der Waals surface area contributed by atoms with Gasteiger partial charge in [0.25, 0.3) is 11.8 Å². The van der Waals surface area contributed by atoms with Gasteiger partial charge in [-0.15, -0.1) is 0 Å². The normalized spacial score (nSPS) is 10.8. The van der Waals surface area contributed by atoms with Crippen LogP contribution in [-0.2, 0) is 6.54 Å². The van der Waals surface area contributed by atoms with E-state index < -0.39 is 5.91 Å². The lowest BCUT2D eigenvalue weighted by molar-refractivity contribution is 0.0948. The molecule has 2 heterocycles. The number of primary amides is 1. The molecule has 0 bridgehead atoms. The first-order valence-corrected chi connectivity index (χ1v) is 11.3. The number of aromatic nitrogens is 3. The zero-order valence-electron chi connectivity index (χ0n) is 19.5. The maximum Gasteiger partial charge on any atom is 0.251 e. The second kappa shape index (κ2) is 9.71. The number of rotatable bonds is 7. The molecule has 0 aliphatic heterocycles. The summed E-state index contributed by atoms with van der Waals surface area (Å²) in [5.74, 6) is 0.481. The fraction of sp³-hybridized carbons (Fsp3) is 0.0714.